The molecule has 0 aliphatic carbocycles. The van der Waals surface area contributed by atoms with Crippen LogP contribution in [0.25, 0.3) is 0 Å². The number of carbonyl (C=O) groups excluding carboxylic acids is 1. The molecule has 1 saturated heterocycles. The lowest BCUT2D eigenvalue weighted by atomic mass is 10.0. The highest BCUT2D eigenvalue weighted by molar-refractivity contribution is 5.73. The molecule has 0 aromatic heterocycles. The maximum Gasteiger partial charge on any atom is 0.314 e. The number of aliphatic hydroxyl groups excluding tert-OH is 1. The number of rotatable bonds is 8. The summed E-state index contributed by atoms with van der Waals surface area (Å²) in [6.07, 6.45) is 2.72. The Morgan fingerprint density at radius 2 is 1.90 bits per heavy atom. The summed E-state index contributed by atoms with van der Waals surface area (Å²) in [4.78, 5) is 14.7. The zero-order valence-corrected chi connectivity index (χ0v) is 17.0. The quantitative estimate of drug-likeness (QED) is 0.640. The minimum Gasteiger partial charge on any atom is -0.497 e. The van der Waals surface area contributed by atoms with Crippen molar-refractivity contribution in [2.75, 3.05) is 26.7 Å². The van der Waals surface area contributed by atoms with E-state index in [2.05, 4.69) is 39.8 Å². The van der Waals surface area contributed by atoms with E-state index in [4.69, 9.17) is 4.74 Å². The molecule has 6 nitrogen and oxygen atoms in total. The van der Waals surface area contributed by atoms with Crippen LogP contribution in [-0.2, 0) is 6.54 Å². The third-order valence-electron chi connectivity index (χ3n) is 5.43. The number of hydrogen-bond acceptors (Lipinski definition) is 4. The largest absolute Gasteiger partial charge is 0.497 e. The van der Waals surface area contributed by atoms with E-state index in [-0.39, 0.29) is 12.6 Å². The molecule has 2 atom stereocenters. The second-order valence-electron chi connectivity index (χ2n) is 7.49. The molecule has 29 heavy (non-hydrogen) atoms. The minimum atomic E-state index is -0.754. The van der Waals surface area contributed by atoms with Crippen LogP contribution in [-0.4, -0.2) is 48.8 Å². The molecule has 0 saturated carbocycles. The first kappa shape index (κ1) is 21.1. The number of ether oxygens (including phenoxy) is 1. The van der Waals surface area contributed by atoms with Gasteiger partial charge in [0.15, 0.2) is 0 Å². The molecule has 0 radical (unpaired) electrons. The van der Waals surface area contributed by atoms with E-state index in [1.54, 1.807) is 31.4 Å². The molecule has 1 aliphatic rings. The summed E-state index contributed by atoms with van der Waals surface area (Å²) in [7, 11) is 1.60. The molecule has 0 spiro atoms. The number of likely N-dealkylation sites (tertiary alicyclic amines) is 1. The Balaban J connectivity index is 1.43. The summed E-state index contributed by atoms with van der Waals surface area (Å²) in [5.41, 5.74) is 2.04. The molecule has 2 amide bonds. The number of carbonyl (C=O) groups is 1. The molecule has 1 aliphatic heterocycles. The van der Waals surface area contributed by atoms with Gasteiger partial charge in [-0.2, -0.15) is 0 Å². The van der Waals surface area contributed by atoms with Crippen LogP contribution >= 0.6 is 0 Å². The van der Waals surface area contributed by atoms with Gasteiger partial charge < -0.3 is 20.5 Å². The maximum absolute atomic E-state index is 12.2. The molecule has 3 rings (SSSR count). The highest BCUT2D eigenvalue weighted by atomic mass is 16.5. The molecule has 6 heteroatoms. The number of aliphatic hydroxyl groups is 1. The van der Waals surface area contributed by atoms with Gasteiger partial charge in [0.05, 0.1) is 13.2 Å². The fourth-order valence-corrected chi connectivity index (χ4v) is 3.72. The lowest BCUT2D eigenvalue weighted by Gasteiger charge is -2.35. The van der Waals surface area contributed by atoms with Gasteiger partial charge in [0, 0.05) is 25.7 Å². The van der Waals surface area contributed by atoms with Gasteiger partial charge in [-0.05, 0) is 42.6 Å². The Bertz CT molecular complexity index is 752. The van der Waals surface area contributed by atoms with E-state index in [1.165, 1.54) is 18.4 Å². The highest BCUT2D eigenvalue weighted by Gasteiger charge is 2.23. The number of piperidine rings is 1. The first-order valence-corrected chi connectivity index (χ1v) is 10.3. The molecular formula is C23H31N3O3. The van der Waals surface area contributed by atoms with Crippen molar-refractivity contribution in [2.45, 2.75) is 38.0 Å². The third kappa shape index (κ3) is 6.48. The van der Waals surface area contributed by atoms with E-state index in [1.807, 2.05) is 6.07 Å². The van der Waals surface area contributed by atoms with Crippen LogP contribution < -0.4 is 15.4 Å². The molecule has 2 aromatic rings. The summed E-state index contributed by atoms with van der Waals surface area (Å²) in [5, 5.41) is 16.0. The van der Waals surface area contributed by atoms with Crippen molar-refractivity contribution in [3.8, 4) is 5.75 Å². The van der Waals surface area contributed by atoms with E-state index < -0.39 is 6.10 Å². The Hall–Kier alpha value is -2.57. The van der Waals surface area contributed by atoms with Gasteiger partial charge in [0.25, 0.3) is 0 Å². The second kappa shape index (κ2) is 10.8. The number of nitrogens with one attached hydrogen (secondary N) is 2. The van der Waals surface area contributed by atoms with Crippen molar-refractivity contribution >= 4 is 6.03 Å². The first-order valence-electron chi connectivity index (χ1n) is 10.3. The van der Waals surface area contributed by atoms with Gasteiger partial charge in [-0.25, -0.2) is 4.79 Å². The maximum atomic E-state index is 12.2. The lowest BCUT2D eigenvalue weighted by molar-refractivity contribution is 0.137. The highest BCUT2D eigenvalue weighted by Crippen LogP contribution is 2.19. The molecule has 156 valence electrons. The number of methoxy groups -OCH3 is 1. The van der Waals surface area contributed by atoms with Crippen LogP contribution in [0.15, 0.2) is 54.6 Å². The Kier molecular flexibility index (Phi) is 7.90. The van der Waals surface area contributed by atoms with Crippen molar-refractivity contribution < 1.29 is 14.6 Å². The average Bonchev–Trinajstić information content (AvgIpc) is 2.77. The summed E-state index contributed by atoms with van der Waals surface area (Å²) < 4.78 is 5.12. The number of nitrogens with zero attached hydrogens (tertiary/aromatic N) is 1. The van der Waals surface area contributed by atoms with Crippen LogP contribution in [0.3, 0.4) is 0 Å². The van der Waals surface area contributed by atoms with Crippen molar-refractivity contribution in [3.05, 3.63) is 65.7 Å². The van der Waals surface area contributed by atoms with Gasteiger partial charge in [-0.1, -0.05) is 48.9 Å². The molecule has 1 heterocycles. The minimum absolute atomic E-state index is 0.163. The van der Waals surface area contributed by atoms with E-state index in [0.29, 0.717) is 12.6 Å². The topological polar surface area (TPSA) is 73.8 Å². The fraction of sp³-hybridized carbons (Fsp3) is 0.435. The van der Waals surface area contributed by atoms with Crippen molar-refractivity contribution in [1.29, 1.82) is 0 Å². The zero-order valence-electron chi connectivity index (χ0n) is 17.0. The van der Waals surface area contributed by atoms with Gasteiger partial charge in [-0.15, -0.1) is 0 Å². The van der Waals surface area contributed by atoms with E-state index in [0.717, 1.165) is 30.8 Å². The standard InChI is InChI=1S/C23H31N3O3/c1-29-21-12-10-19(11-13-21)22(27)16-25-23(28)24-15-20-9-5-6-14-26(20)17-18-7-3-2-4-8-18/h2-4,7-8,10-13,20,22,27H,5-6,9,14-17H2,1H3,(H2,24,25,28). The summed E-state index contributed by atoms with van der Waals surface area (Å²) in [6, 6.07) is 17.7. The summed E-state index contributed by atoms with van der Waals surface area (Å²) in [5.74, 6) is 0.735. The van der Waals surface area contributed by atoms with Crippen LogP contribution in [0.5, 0.6) is 5.75 Å². The average molecular weight is 398 g/mol. The smallest absolute Gasteiger partial charge is 0.314 e. The predicted molar refractivity (Wildman–Crippen MR) is 114 cm³/mol. The van der Waals surface area contributed by atoms with Crippen molar-refractivity contribution in [1.82, 2.24) is 15.5 Å². The lowest BCUT2D eigenvalue weighted by Crippen LogP contribution is -2.48. The van der Waals surface area contributed by atoms with Crippen LogP contribution in [0.2, 0.25) is 0 Å². The number of urea groups is 1. The van der Waals surface area contributed by atoms with E-state index in [9.17, 15) is 9.90 Å². The SMILES string of the molecule is COc1ccc(C(O)CNC(=O)NCC2CCCCN2Cc2ccccc2)cc1. The van der Waals surface area contributed by atoms with Crippen molar-refractivity contribution in [2.24, 2.45) is 0 Å². The summed E-state index contributed by atoms with van der Waals surface area (Å²) in [6.45, 7) is 2.73. The monoisotopic (exact) mass is 397 g/mol. The Morgan fingerprint density at radius 3 is 2.62 bits per heavy atom. The van der Waals surface area contributed by atoms with Crippen LogP contribution in [0, 0.1) is 0 Å². The third-order valence-corrected chi connectivity index (χ3v) is 5.43. The molecule has 2 aromatic carbocycles. The normalized spacial score (nSPS) is 18.1. The fourth-order valence-electron chi connectivity index (χ4n) is 3.72. The van der Waals surface area contributed by atoms with Gasteiger partial charge in [0.1, 0.15) is 5.75 Å². The summed E-state index contributed by atoms with van der Waals surface area (Å²) >= 11 is 0. The second-order valence-corrected chi connectivity index (χ2v) is 7.49. The predicted octanol–water partition coefficient (Wildman–Crippen LogP) is 3.08. The van der Waals surface area contributed by atoms with Crippen LogP contribution in [0.1, 0.15) is 36.5 Å². The zero-order chi connectivity index (χ0) is 20.5. The molecule has 0 bridgehead atoms. The van der Waals surface area contributed by atoms with Gasteiger partial charge >= 0.3 is 6.03 Å². The molecule has 2 unspecified atom stereocenters. The molecule has 3 N–H and O–H groups in total. The van der Waals surface area contributed by atoms with Gasteiger partial charge in [-0.3, -0.25) is 4.90 Å². The first-order chi connectivity index (χ1) is 14.2. The van der Waals surface area contributed by atoms with Gasteiger partial charge in [0.2, 0.25) is 0 Å². The molecular weight excluding hydrogens is 366 g/mol. The number of amides is 2. The Labute approximate surface area is 172 Å². The number of benzene rings is 2. The van der Waals surface area contributed by atoms with Crippen LogP contribution in [0.4, 0.5) is 4.79 Å². The Morgan fingerprint density at radius 1 is 1.14 bits per heavy atom. The van der Waals surface area contributed by atoms with E-state index >= 15 is 0 Å². The molecule has 1 fully saturated rings. The number of hydrogen-bond donors (Lipinski definition) is 3. The van der Waals surface area contributed by atoms with Crippen molar-refractivity contribution in [3.63, 3.8) is 0 Å².